The summed E-state index contributed by atoms with van der Waals surface area (Å²) in [6.07, 6.45) is 1.49. The molecule has 146 valence electrons. The fourth-order valence-corrected chi connectivity index (χ4v) is 3.65. The van der Waals surface area contributed by atoms with Gasteiger partial charge in [0.2, 0.25) is 0 Å². The van der Waals surface area contributed by atoms with E-state index in [0.717, 1.165) is 16.5 Å². The number of aliphatic hydroxyl groups excluding tert-OH is 1. The molecule has 0 spiro atoms. The van der Waals surface area contributed by atoms with Crippen LogP contribution in [0.15, 0.2) is 52.5 Å². The highest BCUT2D eigenvalue weighted by atomic mass is 79.9. The third kappa shape index (κ3) is 3.61. The van der Waals surface area contributed by atoms with Crippen LogP contribution < -0.4 is 0 Å². The summed E-state index contributed by atoms with van der Waals surface area (Å²) in [5.74, 6) is -2.31. The number of halogens is 2. The number of aliphatic hydroxyl groups is 1. The van der Waals surface area contributed by atoms with Gasteiger partial charge >= 0.3 is 0 Å². The minimum absolute atomic E-state index is 0.0760. The van der Waals surface area contributed by atoms with Crippen LogP contribution in [-0.2, 0) is 9.59 Å². The molecule has 1 fully saturated rings. The Morgan fingerprint density at radius 1 is 1.21 bits per heavy atom. The zero-order valence-corrected chi connectivity index (χ0v) is 17.3. The van der Waals surface area contributed by atoms with E-state index >= 15 is 0 Å². The quantitative estimate of drug-likeness (QED) is 0.394. The predicted molar refractivity (Wildman–Crippen MR) is 109 cm³/mol. The fraction of sp³-hybridized carbons (Fsp3) is 0.273. The van der Waals surface area contributed by atoms with Crippen molar-refractivity contribution in [1.29, 1.82) is 0 Å². The van der Waals surface area contributed by atoms with E-state index in [9.17, 15) is 19.1 Å². The van der Waals surface area contributed by atoms with E-state index in [-0.39, 0.29) is 16.9 Å². The summed E-state index contributed by atoms with van der Waals surface area (Å²) in [5, 5.41) is 10.9. The molecular weight excluding hydrogens is 425 g/mol. The van der Waals surface area contributed by atoms with Crippen molar-refractivity contribution in [1.82, 2.24) is 4.90 Å². The zero-order chi connectivity index (χ0) is 20.4. The van der Waals surface area contributed by atoms with E-state index in [2.05, 4.69) is 15.9 Å². The average Bonchev–Trinajstić information content (AvgIpc) is 2.92. The molecule has 4 nitrogen and oxygen atoms in total. The summed E-state index contributed by atoms with van der Waals surface area (Å²) in [4.78, 5) is 26.8. The Kier molecular flexibility index (Phi) is 5.98. The Balaban J connectivity index is 2.20. The van der Waals surface area contributed by atoms with Crippen molar-refractivity contribution in [3.8, 4) is 0 Å². The second-order valence-electron chi connectivity index (χ2n) is 6.83. The maximum atomic E-state index is 14.6. The number of amides is 1. The highest BCUT2D eigenvalue weighted by molar-refractivity contribution is 9.10. The van der Waals surface area contributed by atoms with E-state index in [1.165, 1.54) is 11.0 Å². The van der Waals surface area contributed by atoms with Crippen LogP contribution in [0.25, 0.3) is 5.76 Å². The number of likely N-dealkylation sites (tertiary alicyclic amines) is 1. The molecule has 1 amide bonds. The topological polar surface area (TPSA) is 57.6 Å². The molecule has 1 N–H and O–H groups in total. The molecule has 1 atom stereocenters. The molecule has 0 bridgehead atoms. The molecule has 1 aliphatic rings. The number of Topliss-reactive ketones (excluding diaryl/α,β-unsaturated/α-hetero) is 1. The van der Waals surface area contributed by atoms with Crippen molar-refractivity contribution in [3.05, 3.63) is 75.0 Å². The lowest BCUT2D eigenvalue weighted by Gasteiger charge is -2.25. The number of hydrogen-bond donors (Lipinski definition) is 1. The standard InChI is InChI=1S/C22H21BrFNO3/c1-3-4-11-25-19(15-7-5-6-8-17(15)24)18(21(27)22(25)28)20(26)14-9-10-16(23)13(2)12-14/h5-10,12,19,26H,3-4,11H2,1-2H3/b20-18+. The lowest BCUT2D eigenvalue weighted by Crippen LogP contribution is -2.31. The van der Waals surface area contributed by atoms with Crippen molar-refractivity contribution in [2.75, 3.05) is 6.54 Å². The smallest absolute Gasteiger partial charge is 0.295 e. The van der Waals surface area contributed by atoms with Gasteiger partial charge in [-0.2, -0.15) is 0 Å². The van der Waals surface area contributed by atoms with E-state index in [4.69, 9.17) is 0 Å². The first-order chi connectivity index (χ1) is 13.4. The molecule has 3 rings (SSSR count). The lowest BCUT2D eigenvalue weighted by atomic mass is 9.94. The SMILES string of the molecule is CCCCN1C(=O)C(=O)/C(=C(/O)c2ccc(Br)c(C)c2)C1c1ccccc1F. The number of unbranched alkanes of at least 4 members (excludes halogenated alkanes) is 1. The van der Waals surface area contributed by atoms with Crippen molar-refractivity contribution >= 4 is 33.4 Å². The van der Waals surface area contributed by atoms with Gasteiger partial charge in [-0.05, 0) is 37.1 Å². The molecule has 1 aliphatic heterocycles. The van der Waals surface area contributed by atoms with Gasteiger partial charge in [0.1, 0.15) is 11.6 Å². The number of rotatable bonds is 5. The van der Waals surface area contributed by atoms with Gasteiger partial charge in [-0.25, -0.2) is 4.39 Å². The van der Waals surface area contributed by atoms with E-state index < -0.39 is 23.5 Å². The Morgan fingerprint density at radius 2 is 1.93 bits per heavy atom. The van der Waals surface area contributed by atoms with Crippen molar-refractivity contribution in [2.24, 2.45) is 0 Å². The second-order valence-corrected chi connectivity index (χ2v) is 7.69. The maximum Gasteiger partial charge on any atom is 0.295 e. The van der Waals surface area contributed by atoms with E-state index in [0.29, 0.717) is 18.5 Å². The first-order valence-corrected chi connectivity index (χ1v) is 9.95. The summed E-state index contributed by atoms with van der Waals surface area (Å²) < 4.78 is 15.4. The van der Waals surface area contributed by atoms with Crippen molar-refractivity contribution < 1.29 is 19.1 Å². The summed E-state index contributed by atoms with van der Waals surface area (Å²) in [6, 6.07) is 10.2. The molecule has 0 radical (unpaired) electrons. The molecule has 0 saturated carbocycles. The first-order valence-electron chi connectivity index (χ1n) is 9.16. The number of benzene rings is 2. The molecule has 28 heavy (non-hydrogen) atoms. The van der Waals surface area contributed by atoms with Crippen molar-refractivity contribution in [3.63, 3.8) is 0 Å². The average molecular weight is 446 g/mol. The third-order valence-corrected chi connectivity index (χ3v) is 5.81. The summed E-state index contributed by atoms with van der Waals surface area (Å²) in [5.41, 5.74) is 1.41. The second kappa shape index (κ2) is 8.27. The number of carbonyl (C=O) groups is 2. The molecule has 0 aliphatic carbocycles. The Labute approximate surface area is 171 Å². The molecular formula is C22H21BrFNO3. The molecule has 1 unspecified atom stereocenters. The minimum Gasteiger partial charge on any atom is -0.507 e. The van der Waals surface area contributed by atoms with Gasteiger partial charge in [0.05, 0.1) is 11.6 Å². The molecule has 2 aromatic carbocycles. The Morgan fingerprint density at radius 3 is 2.57 bits per heavy atom. The van der Waals surface area contributed by atoms with Gasteiger partial charge in [0, 0.05) is 22.1 Å². The van der Waals surface area contributed by atoms with Gasteiger partial charge in [-0.15, -0.1) is 0 Å². The Bertz CT molecular complexity index is 970. The van der Waals surface area contributed by atoms with Gasteiger partial charge in [-0.1, -0.05) is 53.5 Å². The van der Waals surface area contributed by atoms with Crippen LogP contribution >= 0.6 is 15.9 Å². The molecule has 1 heterocycles. The molecule has 1 saturated heterocycles. The first kappa shape index (κ1) is 20.3. The summed E-state index contributed by atoms with van der Waals surface area (Å²) >= 11 is 3.40. The fourth-order valence-electron chi connectivity index (χ4n) is 3.41. The predicted octanol–water partition coefficient (Wildman–Crippen LogP) is 5.12. The van der Waals surface area contributed by atoms with E-state index in [1.54, 1.807) is 36.4 Å². The third-order valence-electron chi connectivity index (χ3n) is 4.92. The van der Waals surface area contributed by atoms with Crippen molar-refractivity contribution in [2.45, 2.75) is 32.7 Å². The zero-order valence-electron chi connectivity index (χ0n) is 15.7. The van der Waals surface area contributed by atoms with Crippen LogP contribution in [0, 0.1) is 12.7 Å². The normalized spacial score (nSPS) is 18.7. The van der Waals surface area contributed by atoms with Crippen LogP contribution in [0.1, 0.15) is 42.5 Å². The van der Waals surface area contributed by atoms with Gasteiger partial charge in [0.15, 0.2) is 0 Å². The van der Waals surface area contributed by atoms with Crippen LogP contribution in [0.3, 0.4) is 0 Å². The molecule has 6 heteroatoms. The number of ketones is 1. The van der Waals surface area contributed by atoms with E-state index in [1.807, 2.05) is 13.8 Å². The van der Waals surface area contributed by atoms with Crippen LogP contribution in [0.2, 0.25) is 0 Å². The number of nitrogens with zero attached hydrogens (tertiary/aromatic N) is 1. The number of hydrogen-bond acceptors (Lipinski definition) is 3. The highest BCUT2D eigenvalue weighted by Crippen LogP contribution is 2.40. The largest absolute Gasteiger partial charge is 0.507 e. The summed E-state index contributed by atoms with van der Waals surface area (Å²) in [6.45, 7) is 4.14. The van der Waals surface area contributed by atoms with Crippen LogP contribution in [0.4, 0.5) is 4.39 Å². The van der Waals surface area contributed by atoms with Gasteiger partial charge < -0.3 is 10.0 Å². The minimum atomic E-state index is -0.947. The molecule has 2 aromatic rings. The molecule has 0 aromatic heterocycles. The van der Waals surface area contributed by atoms with Crippen LogP contribution in [0.5, 0.6) is 0 Å². The van der Waals surface area contributed by atoms with Crippen LogP contribution in [-0.4, -0.2) is 28.2 Å². The van der Waals surface area contributed by atoms with Gasteiger partial charge in [-0.3, -0.25) is 9.59 Å². The maximum absolute atomic E-state index is 14.6. The summed E-state index contributed by atoms with van der Waals surface area (Å²) in [7, 11) is 0. The Hall–Kier alpha value is -2.47. The monoisotopic (exact) mass is 445 g/mol. The lowest BCUT2D eigenvalue weighted by molar-refractivity contribution is -0.139. The van der Waals surface area contributed by atoms with Gasteiger partial charge in [0.25, 0.3) is 11.7 Å². The number of aryl methyl sites for hydroxylation is 1. The highest BCUT2D eigenvalue weighted by Gasteiger charge is 2.46. The number of carbonyl (C=O) groups excluding carboxylic acids is 2.